The Bertz CT molecular complexity index is 1190. The van der Waals surface area contributed by atoms with E-state index in [9.17, 15) is 9.59 Å². The summed E-state index contributed by atoms with van der Waals surface area (Å²) in [5.41, 5.74) is 7.11. The second-order valence-electron chi connectivity index (χ2n) is 7.74. The number of hydrazine groups is 1. The third kappa shape index (κ3) is 6.71. The fraction of sp³-hybridized carbons (Fsp3) is 0.103. The highest BCUT2D eigenvalue weighted by Gasteiger charge is 2.23. The van der Waals surface area contributed by atoms with Crippen LogP contribution >= 0.6 is 0 Å². The van der Waals surface area contributed by atoms with Crippen molar-refractivity contribution >= 4 is 11.8 Å². The maximum atomic E-state index is 13.1. The van der Waals surface area contributed by atoms with Gasteiger partial charge in [-0.05, 0) is 41.5 Å². The molecule has 0 unspecified atom stereocenters. The van der Waals surface area contributed by atoms with Gasteiger partial charge in [-0.3, -0.25) is 20.4 Å². The van der Waals surface area contributed by atoms with Gasteiger partial charge in [0.05, 0.1) is 5.92 Å². The van der Waals surface area contributed by atoms with Crippen molar-refractivity contribution in [3.8, 4) is 11.5 Å². The van der Waals surface area contributed by atoms with Crippen LogP contribution in [0.3, 0.4) is 0 Å². The first-order valence-corrected chi connectivity index (χ1v) is 11.3. The number of nitrogens with one attached hydrogen (secondary N) is 2. The SMILES string of the molecule is O=C(NNC(=O)C(c1ccccc1)c1ccccc1)c1cccc(OCCOc2ccccc2)c1. The molecule has 0 saturated carbocycles. The number of hydrogen-bond donors (Lipinski definition) is 2. The molecule has 0 aliphatic rings. The van der Waals surface area contributed by atoms with Crippen molar-refractivity contribution in [2.75, 3.05) is 13.2 Å². The van der Waals surface area contributed by atoms with Gasteiger partial charge in [0.2, 0.25) is 5.91 Å². The number of carbonyl (C=O) groups excluding carboxylic acids is 2. The molecular weight excluding hydrogens is 440 g/mol. The van der Waals surface area contributed by atoms with E-state index in [1.54, 1.807) is 24.3 Å². The Morgan fingerprint density at radius 2 is 1.11 bits per heavy atom. The van der Waals surface area contributed by atoms with Crippen LogP contribution in [0.2, 0.25) is 0 Å². The van der Waals surface area contributed by atoms with E-state index < -0.39 is 11.8 Å². The highest BCUT2D eigenvalue weighted by Crippen LogP contribution is 2.24. The summed E-state index contributed by atoms with van der Waals surface area (Å²) in [5, 5.41) is 0. The van der Waals surface area contributed by atoms with Crippen molar-refractivity contribution in [3.63, 3.8) is 0 Å². The van der Waals surface area contributed by atoms with Crippen LogP contribution in [-0.2, 0) is 4.79 Å². The third-order valence-electron chi connectivity index (χ3n) is 5.29. The molecule has 0 aliphatic carbocycles. The van der Waals surface area contributed by atoms with E-state index in [1.807, 2.05) is 91.0 Å². The number of benzene rings is 4. The Morgan fingerprint density at radius 1 is 0.600 bits per heavy atom. The van der Waals surface area contributed by atoms with Gasteiger partial charge >= 0.3 is 0 Å². The topological polar surface area (TPSA) is 76.7 Å². The molecule has 4 aromatic rings. The Balaban J connectivity index is 1.34. The van der Waals surface area contributed by atoms with Gasteiger partial charge in [-0.2, -0.15) is 0 Å². The largest absolute Gasteiger partial charge is 0.490 e. The quantitative estimate of drug-likeness (QED) is 0.276. The molecule has 2 N–H and O–H groups in total. The van der Waals surface area contributed by atoms with E-state index in [1.165, 1.54) is 0 Å². The van der Waals surface area contributed by atoms with Crippen LogP contribution in [0.4, 0.5) is 0 Å². The summed E-state index contributed by atoms with van der Waals surface area (Å²) in [5.74, 6) is -0.0289. The van der Waals surface area contributed by atoms with Crippen LogP contribution in [0.15, 0.2) is 115 Å². The molecule has 6 nitrogen and oxygen atoms in total. The van der Waals surface area contributed by atoms with Gasteiger partial charge in [-0.25, -0.2) is 0 Å². The minimum Gasteiger partial charge on any atom is -0.490 e. The molecule has 0 bridgehead atoms. The molecule has 4 rings (SSSR count). The first-order valence-electron chi connectivity index (χ1n) is 11.3. The molecule has 0 radical (unpaired) electrons. The maximum absolute atomic E-state index is 13.1. The number of carbonyl (C=O) groups is 2. The van der Waals surface area contributed by atoms with E-state index in [0.717, 1.165) is 16.9 Å². The predicted molar refractivity (Wildman–Crippen MR) is 134 cm³/mol. The Kier molecular flexibility index (Phi) is 8.11. The molecule has 0 spiro atoms. The Labute approximate surface area is 204 Å². The van der Waals surface area contributed by atoms with Crippen molar-refractivity contribution in [1.82, 2.24) is 10.9 Å². The Hall–Kier alpha value is -4.58. The zero-order valence-electron chi connectivity index (χ0n) is 19.1. The number of ether oxygens (including phenoxy) is 2. The zero-order chi connectivity index (χ0) is 24.3. The molecule has 6 heteroatoms. The van der Waals surface area contributed by atoms with Crippen LogP contribution in [0.25, 0.3) is 0 Å². The average molecular weight is 467 g/mol. The molecule has 0 fully saturated rings. The number of hydrogen-bond acceptors (Lipinski definition) is 4. The maximum Gasteiger partial charge on any atom is 0.269 e. The lowest BCUT2D eigenvalue weighted by atomic mass is 9.91. The number of amides is 2. The summed E-state index contributed by atoms with van der Waals surface area (Å²) in [4.78, 5) is 25.8. The standard InChI is InChI=1S/C29H26N2O4/c32-28(24-15-10-18-26(21-24)35-20-19-34-25-16-8-3-9-17-25)30-31-29(33)27(22-11-4-1-5-12-22)23-13-6-2-7-14-23/h1-18,21,27H,19-20H2,(H,30,32)(H,31,33). The molecule has 0 aliphatic heterocycles. The first kappa shape index (κ1) is 23.6. The predicted octanol–water partition coefficient (Wildman–Crippen LogP) is 4.74. The molecule has 0 heterocycles. The van der Waals surface area contributed by atoms with Gasteiger partial charge in [0.25, 0.3) is 5.91 Å². The fourth-order valence-electron chi connectivity index (χ4n) is 3.61. The zero-order valence-corrected chi connectivity index (χ0v) is 19.1. The lowest BCUT2D eigenvalue weighted by Gasteiger charge is -2.18. The van der Waals surface area contributed by atoms with Crippen LogP contribution < -0.4 is 20.3 Å². The monoisotopic (exact) mass is 466 g/mol. The summed E-state index contributed by atoms with van der Waals surface area (Å²) in [7, 11) is 0. The van der Waals surface area contributed by atoms with E-state index in [2.05, 4.69) is 10.9 Å². The number of rotatable bonds is 9. The average Bonchev–Trinajstić information content (AvgIpc) is 2.92. The van der Waals surface area contributed by atoms with Gasteiger partial charge < -0.3 is 9.47 Å². The molecule has 0 saturated heterocycles. The number of para-hydroxylation sites is 1. The summed E-state index contributed by atoms with van der Waals surface area (Å²) in [6, 6.07) is 35.1. The van der Waals surface area contributed by atoms with E-state index in [4.69, 9.17) is 9.47 Å². The minimum absolute atomic E-state index is 0.326. The first-order chi connectivity index (χ1) is 17.2. The lowest BCUT2D eigenvalue weighted by molar-refractivity contribution is -0.122. The highest BCUT2D eigenvalue weighted by atomic mass is 16.5. The third-order valence-corrected chi connectivity index (χ3v) is 5.29. The van der Waals surface area contributed by atoms with Gasteiger partial charge in [0, 0.05) is 5.56 Å². The summed E-state index contributed by atoms with van der Waals surface area (Å²) < 4.78 is 11.3. The molecular formula is C29H26N2O4. The molecule has 176 valence electrons. The van der Waals surface area contributed by atoms with Crippen LogP contribution in [0.5, 0.6) is 11.5 Å². The van der Waals surface area contributed by atoms with Crippen LogP contribution in [0.1, 0.15) is 27.4 Å². The fourth-order valence-corrected chi connectivity index (χ4v) is 3.61. The lowest BCUT2D eigenvalue weighted by Crippen LogP contribution is -2.44. The van der Waals surface area contributed by atoms with Crippen molar-refractivity contribution in [2.45, 2.75) is 5.92 Å². The molecule has 4 aromatic carbocycles. The van der Waals surface area contributed by atoms with Crippen LogP contribution in [0, 0.1) is 0 Å². The normalized spacial score (nSPS) is 10.4. The minimum atomic E-state index is -0.558. The summed E-state index contributed by atoms with van der Waals surface area (Å²) in [6.45, 7) is 0.698. The van der Waals surface area contributed by atoms with E-state index >= 15 is 0 Å². The van der Waals surface area contributed by atoms with Crippen molar-refractivity contribution in [3.05, 3.63) is 132 Å². The van der Waals surface area contributed by atoms with Crippen molar-refractivity contribution < 1.29 is 19.1 Å². The molecule has 0 aromatic heterocycles. The molecule has 2 amide bonds. The second kappa shape index (κ2) is 12.0. The van der Waals surface area contributed by atoms with Crippen molar-refractivity contribution in [1.29, 1.82) is 0 Å². The Morgan fingerprint density at radius 3 is 1.71 bits per heavy atom. The summed E-state index contributed by atoms with van der Waals surface area (Å²) in [6.07, 6.45) is 0. The van der Waals surface area contributed by atoms with Gasteiger partial charge in [0.1, 0.15) is 24.7 Å². The second-order valence-corrected chi connectivity index (χ2v) is 7.74. The smallest absolute Gasteiger partial charge is 0.269 e. The molecule has 0 atom stereocenters. The van der Waals surface area contributed by atoms with E-state index in [0.29, 0.717) is 24.5 Å². The van der Waals surface area contributed by atoms with E-state index in [-0.39, 0.29) is 5.91 Å². The molecule has 35 heavy (non-hydrogen) atoms. The van der Waals surface area contributed by atoms with Gasteiger partial charge in [0.15, 0.2) is 0 Å². The van der Waals surface area contributed by atoms with Gasteiger partial charge in [-0.15, -0.1) is 0 Å². The van der Waals surface area contributed by atoms with Crippen molar-refractivity contribution in [2.24, 2.45) is 0 Å². The van der Waals surface area contributed by atoms with Gasteiger partial charge in [-0.1, -0.05) is 84.9 Å². The summed E-state index contributed by atoms with van der Waals surface area (Å²) >= 11 is 0. The van der Waals surface area contributed by atoms with Crippen LogP contribution in [-0.4, -0.2) is 25.0 Å². The highest BCUT2D eigenvalue weighted by molar-refractivity contribution is 5.96.